The fourth-order valence-electron chi connectivity index (χ4n) is 1.77. The number of aromatic hydroxyl groups is 1. The zero-order valence-corrected chi connectivity index (χ0v) is 12.1. The van der Waals surface area contributed by atoms with Gasteiger partial charge in [-0.3, -0.25) is 4.79 Å². The lowest BCUT2D eigenvalue weighted by molar-refractivity contribution is 0.112. The number of rotatable bonds is 5. The summed E-state index contributed by atoms with van der Waals surface area (Å²) in [5, 5.41) is 13.7. The van der Waals surface area contributed by atoms with E-state index in [0.29, 0.717) is 30.4 Å². The van der Waals surface area contributed by atoms with Gasteiger partial charge in [0.2, 0.25) is 5.96 Å². The van der Waals surface area contributed by atoms with Crippen LogP contribution < -0.4 is 16.9 Å². The fraction of sp³-hybridized carbons (Fsp3) is 0.429. The van der Waals surface area contributed by atoms with Gasteiger partial charge in [0.25, 0.3) is 0 Å². The minimum absolute atomic E-state index is 0.0134. The Morgan fingerprint density at radius 2 is 2.05 bits per heavy atom. The van der Waals surface area contributed by atoms with Gasteiger partial charge < -0.3 is 22.0 Å². The molecule has 0 aliphatic carbocycles. The van der Waals surface area contributed by atoms with E-state index in [4.69, 9.17) is 11.5 Å². The standard InChI is InChI=1S/C14H22N4O2/c1-14(2,3)11-6-9(4-5-17-18-13(15)16)12(20)10(7-11)8-19/h6-8,17,20H,4-5H2,1-3H3,(H4,15,16,18). The Morgan fingerprint density at radius 1 is 1.40 bits per heavy atom. The predicted octanol–water partition coefficient (Wildman–Crippen LogP) is 0.823. The zero-order chi connectivity index (χ0) is 15.3. The molecule has 1 rings (SSSR count). The molecule has 1 aromatic carbocycles. The largest absolute Gasteiger partial charge is 0.507 e. The van der Waals surface area contributed by atoms with Crippen LogP contribution >= 0.6 is 0 Å². The molecular weight excluding hydrogens is 256 g/mol. The Hall–Kier alpha value is -2.24. The SMILES string of the molecule is CC(C)(C)c1cc(C=O)c(O)c(CCNN=C(N)N)c1. The third-order valence-electron chi connectivity index (χ3n) is 2.93. The van der Waals surface area contributed by atoms with Gasteiger partial charge in [-0.25, -0.2) is 0 Å². The third-order valence-corrected chi connectivity index (χ3v) is 2.93. The molecule has 6 N–H and O–H groups in total. The second-order valence-corrected chi connectivity index (χ2v) is 5.64. The molecule has 1 aromatic rings. The van der Waals surface area contributed by atoms with Crippen molar-refractivity contribution in [3.8, 4) is 5.75 Å². The number of guanidine groups is 1. The van der Waals surface area contributed by atoms with Gasteiger partial charge in [-0.1, -0.05) is 26.8 Å². The molecule has 0 aliphatic heterocycles. The van der Waals surface area contributed by atoms with Crippen molar-refractivity contribution >= 4 is 12.2 Å². The second-order valence-electron chi connectivity index (χ2n) is 5.64. The molecule has 110 valence electrons. The summed E-state index contributed by atoms with van der Waals surface area (Å²) < 4.78 is 0. The summed E-state index contributed by atoms with van der Waals surface area (Å²) in [5.74, 6) is -0.0363. The van der Waals surface area contributed by atoms with Crippen LogP contribution in [0.5, 0.6) is 5.75 Å². The number of carbonyl (C=O) groups is 1. The maximum absolute atomic E-state index is 11.0. The number of phenolic OH excluding ortho intramolecular Hbond substituents is 1. The number of hydrogen-bond donors (Lipinski definition) is 4. The van der Waals surface area contributed by atoms with Crippen molar-refractivity contribution in [2.45, 2.75) is 32.6 Å². The summed E-state index contributed by atoms with van der Waals surface area (Å²) in [6, 6.07) is 3.62. The van der Waals surface area contributed by atoms with E-state index in [9.17, 15) is 9.90 Å². The summed E-state index contributed by atoms with van der Waals surface area (Å²) >= 11 is 0. The fourth-order valence-corrected chi connectivity index (χ4v) is 1.77. The van der Waals surface area contributed by atoms with Crippen molar-refractivity contribution in [1.82, 2.24) is 5.43 Å². The molecule has 0 radical (unpaired) electrons. The molecule has 6 heteroatoms. The van der Waals surface area contributed by atoms with E-state index in [2.05, 4.69) is 31.3 Å². The van der Waals surface area contributed by atoms with Crippen molar-refractivity contribution in [3.63, 3.8) is 0 Å². The number of nitrogens with one attached hydrogen (secondary N) is 1. The van der Waals surface area contributed by atoms with Crippen molar-refractivity contribution in [1.29, 1.82) is 0 Å². The van der Waals surface area contributed by atoms with E-state index in [0.717, 1.165) is 5.56 Å². The van der Waals surface area contributed by atoms with E-state index in [-0.39, 0.29) is 17.1 Å². The summed E-state index contributed by atoms with van der Waals surface area (Å²) in [6.07, 6.45) is 1.17. The number of benzene rings is 1. The second kappa shape index (κ2) is 6.27. The van der Waals surface area contributed by atoms with Crippen molar-refractivity contribution < 1.29 is 9.90 Å². The van der Waals surface area contributed by atoms with Crippen LogP contribution in [0.1, 0.15) is 42.3 Å². The monoisotopic (exact) mass is 278 g/mol. The Kier molecular flexibility index (Phi) is 4.96. The van der Waals surface area contributed by atoms with Crippen LogP contribution in [0, 0.1) is 0 Å². The van der Waals surface area contributed by atoms with Gasteiger partial charge in [0.15, 0.2) is 6.29 Å². The van der Waals surface area contributed by atoms with Gasteiger partial charge in [-0.05, 0) is 29.0 Å². The molecule has 0 aliphatic rings. The van der Waals surface area contributed by atoms with E-state index in [1.165, 1.54) is 0 Å². The van der Waals surface area contributed by atoms with Crippen LogP contribution in [-0.2, 0) is 11.8 Å². The van der Waals surface area contributed by atoms with Gasteiger partial charge in [0, 0.05) is 6.54 Å². The average molecular weight is 278 g/mol. The summed E-state index contributed by atoms with van der Waals surface area (Å²) in [4.78, 5) is 11.0. The average Bonchev–Trinajstić information content (AvgIpc) is 2.34. The number of carbonyl (C=O) groups excluding carboxylic acids is 1. The molecule has 0 spiro atoms. The highest BCUT2D eigenvalue weighted by Gasteiger charge is 2.18. The Morgan fingerprint density at radius 3 is 2.55 bits per heavy atom. The minimum Gasteiger partial charge on any atom is -0.507 e. The van der Waals surface area contributed by atoms with Crippen LogP contribution in [0.4, 0.5) is 0 Å². The van der Waals surface area contributed by atoms with Crippen molar-refractivity contribution in [2.75, 3.05) is 6.54 Å². The lowest BCUT2D eigenvalue weighted by Gasteiger charge is -2.21. The topological polar surface area (TPSA) is 114 Å². The Bertz CT molecular complexity index is 515. The van der Waals surface area contributed by atoms with Crippen LogP contribution in [0.15, 0.2) is 17.2 Å². The first-order chi connectivity index (χ1) is 9.25. The lowest BCUT2D eigenvalue weighted by Crippen LogP contribution is -2.27. The quantitative estimate of drug-likeness (QED) is 0.209. The highest BCUT2D eigenvalue weighted by Crippen LogP contribution is 2.30. The maximum atomic E-state index is 11.0. The molecule has 20 heavy (non-hydrogen) atoms. The zero-order valence-electron chi connectivity index (χ0n) is 12.1. The molecule has 6 nitrogen and oxygen atoms in total. The maximum Gasteiger partial charge on any atom is 0.208 e. The van der Waals surface area contributed by atoms with E-state index >= 15 is 0 Å². The molecule has 0 amide bonds. The molecule has 0 atom stereocenters. The summed E-state index contributed by atoms with van der Waals surface area (Å²) in [7, 11) is 0. The molecule has 0 heterocycles. The minimum atomic E-state index is -0.104. The number of nitrogens with zero attached hydrogens (tertiary/aromatic N) is 1. The van der Waals surface area contributed by atoms with Crippen LogP contribution in [0.2, 0.25) is 0 Å². The van der Waals surface area contributed by atoms with Crippen molar-refractivity contribution in [2.24, 2.45) is 16.6 Å². The first-order valence-corrected chi connectivity index (χ1v) is 6.38. The van der Waals surface area contributed by atoms with Crippen LogP contribution in [0.3, 0.4) is 0 Å². The number of phenols is 1. The number of aldehydes is 1. The molecule has 0 aromatic heterocycles. The van der Waals surface area contributed by atoms with Gasteiger partial charge >= 0.3 is 0 Å². The number of hydrazone groups is 1. The highest BCUT2D eigenvalue weighted by atomic mass is 16.3. The molecule has 0 unspecified atom stereocenters. The van der Waals surface area contributed by atoms with Crippen LogP contribution in [-0.4, -0.2) is 23.9 Å². The molecule has 0 saturated heterocycles. The van der Waals surface area contributed by atoms with Gasteiger partial charge in [-0.15, -0.1) is 5.10 Å². The Labute approximate surface area is 118 Å². The molecular formula is C14H22N4O2. The van der Waals surface area contributed by atoms with Crippen molar-refractivity contribution in [3.05, 3.63) is 28.8 Å². The molecule has 0 saturated carbocycles. The number of hydrogen-bond acceptors (Lipinski definition) is 4. The van der Waals surface area contributed by atoms with E-state index in [1.54, 1.807) is 6.07 Å². The predicted molar refractivity (Wildman–Crippen MR) is 79.7 cm³/mol. The molecule has 0 bridgehead atoms. The van der Waals surface area contributed by atoms with Gasteiger partial charge in [0.1, 0.15) is 5.75 Å². The first-order valence-electron chi connectivity index (χ1n) is 6.38. The smallest absolute Gasteiger partial charge is 0.208 e. The third kappa shape index (κ3) is 4.15. The highest BCUT2D eigenvalue weighted by molar-refractivity contribution is 5.80. The number of nitrogens with two attached hydrogens (primary N) is 2. The summed E-state index contributed by atoms with van der Waals surface area (Å²) in [6.45, 7) is 6.61. The lowest BCUT2D eigenvalue weighted by atomic mass is 9.84. The first kappa shape index (κ1) is 15.8. The Balaban J connectivity index is 2.99. The van der Waals surface area contributed by atoms with Crippen LogP contribution in [0.25, 0.3) is 0 Å². The van der Waals surface area contributed by atoms with Gasteiger partial charge in [0.05, 0.1) is 5.56 Å². The summed E-state index contributed by atoms with van der Waals surface area (Å²) in [5.41, 5.74) is 15.0. The normalized spacial score (nSPS) is 10.9. The molecule has 0 fully saturated rings. The van der Waals surface area contributed by atoms with Gasteiger partial charge in [-0.2, -0.15) is 0 Å². The van der Waals surface area contributed by atoms with E-state index in [1.807, 2.05) is 6.07 Å². The van der Waals surface area contributed by atoms with E-state index < -0.39 is 0 Å².